The fraction of sp³-hybridized carbons (Fsp3) is 0.792. The Morgan fingerprint density at radius 1 is 1.16 bits per heavy atom. The first-order valence-electron chi connectivity index (χ1n) is 12.5. The van der Waals surface area contributed by atoms with Gasteiger partial charge in [0.25, 0.3) is 5.92 Å². The van der Waals surface area contributed by atoms with Gasteiger partial charge in [-0.25, -0.2) is 8.78 Å². The first-order valence-corrected chi connectivity index (χ1v) is 12.5. The molecular weight excluding hydrogens is 517 g/mol. The standard InChI is InChI=1S/C24H32F5N5O4/c1-22(2,3)17(33-21(38)24(27,28)29)20(37)34-14-6-7-15(23(25,26)10-14)16(34)19(36)32-13(11-30)9-12-5-4-8-31-18(12)35/h12-17H,4-10H2,1-3H3,(H,31,35)(H,32,36)(H,33,38)/t12-,13+,14+,15+,16-,17+/m1/s1. The quantitative estimate of drug-likeness (QED) is 0.437. The zero-order chi connectivity index (χ0) is 28.6. The van der Waals surface area contributed by atoms with Crippen LogP contribution in [0.25, 0.3) is 0 Å². The van der Waals surface area contributed by atoms with Gasteiger partial charge in [-0.3, -0.25) is 19.2 Å². The molecule has 0 unspecified atom stereocenters. The van der Waals surface area contributed by atoms with E-state index in [4.69, 9.17) is 0 Å². The van der Waals surface area contributed by atoms with Crippen molar-refractivity contribution in [3.05, 3.63) is 0 Å². The second kappa shape index (κ2) is 10.6. The van der Waals surface area contributed by atoms with Crippen molar-refractivity contribution >= 4 is 23.6 Å². The van der Waals surface area contributed by atoms with E-state index in [0.29, 0.717) is 19.4 Å². The van der Waals surface area contributed by atoms with E-state index in [2.05, 4.69) is 10.6 Å². The van der Waals surface area contributed by atoms with E-state index in [1.807, 2.05) is 6.07 Å². The smallest absolute Gasteiger partial charge is 0.356 e. The molecule has 14 heteroatoms. The molecule has 38 heavy (non-hydrogen) atoms. The molecular formula is C24H32F5N5O4. The van der Waals surface area contributed by atoms with Gasteiger partial charge in [-0.1, -0.05) is 20.8 Å². The maximum atomic E-state index is 14.9. The van der Waals surface area contributed by atoms with Crippen molar-refractivity contribution in [2.24, 2.45) is 17.3 Å². The molecule has 0 aromatic carbocycles. The second-order valence-electron chi connectivity index (χ2n) is 11.3. The van der Waals surface area contributed by atoms with Crippen molar-refractivity contribution in [1.29, 1.82) is 5.26 Å². The number of halogens is 5. The normalized spacial score (nSPS) is 28.5. The monoisotopic (exact) mass is 549 g/mol. The second-order valence-corrected chi connectivity index (χ2v) is 11.3. The molecule has 212 valence electrons. The number of carbonyl (C=O) groups excluding carboxylic acids is 4. The van der Waals surface area contributed by atoms with E-state index in [1.165, 1.54) is 20.8 Å². The third-order valence-corrected chi connectivity index (χ3v) is 7.50. The summed E-state index contributed by atoms with van der Waals surface area (Å²) in [5.41, 5.74) is -1.26. The average molecular weight is 550 g/mol. The zero-order valence-electron chi connectivity index (χ0n) is 21.3. The van der Waals surface area contributed by atoms with Crippen LogP contribution in [0.2, 0.25) is 0 Å². The highest BCUT2D eigenvalue weighted by atomic mass is 19.4. The number of nitrogens with zero attached hydrogens (tertiary/aromatic N) is 2. The molecule has 0 aromatic heterocycles. The van der Waals surface area contributed by atoms with Gasteiger partial charge in [0.15, 0.2) is 0 Å². The van der Waals surface area contributed by atoms with E-state index < -0.39 is 77.7 Å². The number of fused-ring (bicyclic) bond motifs is 3. The lowest BCUT2D eigenvalue weighted by molar-refractivity contribution is -0.197. The first kappa shape index (κ1) is 29.6. The van der Waals surface area contributed by atoms with Crippen molar-refractivity contribution in [3.8, 4) is 6.07 Å². The van der Waals surface area contributed by atoms with Gasteiger partial charge in [0, 0.05) is 24.9 Å². The van der Waals surface area contributed by atoms with Gasteiger partial charge in [0.1, 0.15) is 18.1 Å². The molecule has 4 aliphatic rings. The Morgan fingerprint density at radius 3 is 2.34 bits per heavy atom. The number of amides is 4. The highest BCUT2D eigenvalue weighted by molar-refractivity contribution is 5.94. The van der Waals surface area contributed by atoms with Crippen LogP contribution in [0.3, 0.4) is 0 Å². The summed E-state index contributed by atoms with van der Waals surface area (Å²) in [6, 6.07) is -4.06. The van der Waals surface area contributed by atoms with Gasteiger partial charge in [0.05, 0.1) is 12.0 Å². The van der Waals surface area contributed by atoms with Crippen molar-refractivity contribution < 1.29 is 41.1 Å². The summed E-state index contributed by atoms with van der Waals surface area (Å²) in [5.74, 6) is -10.3. The summed E-state index contributed by atoms with van der Waals surface area (Å²) in [5, 5.41) is 16.3. The van der Waals surface area contributed by atoms with Gasteiger partial charge < -0.3 is 20.9 Å². The summed E-state index contributed by atoms with van der Waals surface area (Å²) in [6.45, 7) is 4.69. The molecule has 4 fully saturated rings. The van der Waals surface area contributed by atoms with Crippen LogP contribution in [0.1, 0.15) is 59.3 Å². The Hall–Kier alpha value is -2.98. The Kier molecular flexibility index (Phi) is 8.29. The maximum Gasteiger partial charge on any atom is 0.471 e. The molecule has 3 heterocycles. The lowest BCUT2D eigenvalue weighted by Gasteiger charge is -2.55. The Bertz CT molecular complexity index is 1010. The Balaban J connectivity index is 1.90. The van der Waals surface area contributed by atoms with E-state index in [0.717, 1.165) is 4.90 Å². The molecule has 3 aliphatic heterocycles. The van der Waals surface area contributed by atoms with Crippen LogP contribution in [0.15, 0.2) is 0 Å². The molecule has 4 amide bonds. The third kappa shape index (κ3) is 6.18. The minimum Gasteiger partial charge on any atom is -0.356 e. The van der Waals surface area contributed by atoms with Gasteiger partial charge in [-0.2, -0.15) is 18.4 Å². The number of nitrogens with one attached hydrogen (secondary N) is 3. The van der Waals surface area contributed by atoms with E-state index in [-0.39, 0.29) is 25.2 Å². The molecule has 3 saturated heterocycles. The molecule has 1 aliphatic carbocycles. The van der Waals surface area contributed by atoms with Gasteiger partial charge >= 0.3 is 12.1 Å². The minimum atomic E-state index is -5.29. The van der Waals surface area contributed by atoms with Crippen LogP contribution >= 0.6 is 0 Å². The molecule has 3 N–H and O–H groups in total. The topological polar surface area (TPSA) is 131 Å². The van der Waals surface area contributed by atoms with Crippen LogP contribution in [-0.2, 0) is 19.2 Å². The summed E-state index contributed by atoms with van der Waals surface area (Å²) >= 11 is 0. The lowest BCUT2D eigenvalue weighted by Crippen LogP contribution is -2.71. The van der Waals surface area contributed by atoms with E-state index in [9.17, 15) is 46.4 Å². The number of hydrogen-bond acceptors (Lipinski definition) is 5. The number of piperidine rings is 3. The highest BCUT2D eigenvalue weighted by Crippen LogP contribution is 2.49. The third-order valence-electron chi connectivity index (χ3n) is 7.50. The van der Waals surface area contributed by atoms with Crippen LogP contribution in [0, 0.1) is 28.6 Å². The van der Waals surface area contributed by atoms with Gasteiger partial charge in [0.2, 0.25) is 17.7 Å². The van der Waals surface area contributed by atoms with E-state index >= 15 is 0 Å². The maximum absolute atomic E-state index is 14.9. The largest absolute Gasteiger partial charge is 0.471 e. The van der Waals surface area contributed by atoms with Crippen LogP contribution in [-0.4, -0.2) is 71.3 Å². The SMILES string of the molecule is CC(C)(C)[C@@H](NC(=O)C(F)(F)F)C(=O)N1[C@H]2CC[C@@H]([C@@H]1C(=O)N[C@H](C#N)C[C@H]1CCCNC1=O)C(F)(F)C2. The summed E-state index contributed by atoms with van der Waals surface area (Å²) < 4.78 is 68.9. The van der Waals surface area contributed by atoms with Gasteiger partial charge in [-0.05, 0) is 37.5 Å². The molecule has 2 bridgehead atoms. The lowest BCUT2D eigenvalue weighted by atomic mass is 9.70. The van der Waals surface area contributed by atoms with Crippen LogP contribution < -0.4 is 16.0 Å². The molecule has 6 atom stereocenters. The molecule has 1 saturated carbocycles. The first-order chi connectivity index (χ1) is 17.5. The predicted molar refractivity (Wildman–Crippen MR) is 122 cm³/mol. The number of carbonyl (C=O) groups is 4. The molecule has 4 rings (SSSR count). The molecule has 0 aromatic rings. The summed E-state index contributed by atoms with van der Waals surface area (Å²) in [7, 11) is 0. The minimum absolute atomic E-state index is 0.0640. The fourth-order valence-electron chi connectivity index (χ4n) is 5.58. The number of hydrogen-bond donors (Lipinski definition) is 3. The van der Waals surface area contributed by atoms with Crippen LogP contribution in [0.4, 0.5) is 22.0 Å². The number of nitriles is 1. The molecule has 0 radical (unpaired) electrons. The Morgan fingerprint density at radius 2 is 1.82 bits per heavy atom. The van der Waals surface area contributed by atoms with Crippen molar-refractivity contribution in [2.45, 2.75) is 95.6 Å². The number of alkyl halides is 5. The summed E-state index contributed by atoms with van der Waals surface area (Å²) in [6.07, 6.45) is -5.00. The van der Waals surface area contributed by atoms with E-state index in [1.54, 1.807) is 5.32 Å². The highest BCUT2D eigenvalue weighted by Gasteiger charge is 2.61. The fourth-order valence-corrected chi connectivity index (χ4v) is 5.58. The number of rotatable bonds is 6. The summed E-state index contributed by atoms with van der Waals surface area (Å²) in [4.78, 5) is 51.7. The van der Waals surface area contributed by atoms with Crippen molar-refractivity contribution in [1.82, 2.24) is 20.9 Å². The zero-order valence-corrected chi connectivity index (χ0v) is 21.3. The Labute approximate surface area is 216 Å². The van der Waals surface area contributed by atoms with Crippen molar-refractivity contribution in [2.75, 3.05) is 6.54 Å². The van der Waals surface area contributed by atoms with Crippen molar-refractivity contribution in [3.63, 3.8) is 0 Å². The van der Waals surface area contributed by atoms with Gasteiger partial charge in [-0.15, -0.1) is 0 Å². The molecule has 9 nitrogen and oxygen atoms in total. The average Bonchev–Trinajstić information content (AvgIpc) is 2.80. The van der Waals surface area contributed by atoms with Crippen LogP contribution in [0.5, 0.6) is 0 Å². The predicted octanol–water partition coefficient (Wildman–Crippen LogP) is 2.02. The molecule has 0 spiro atoms.